The molecule has 1 aliphatic rings. The summed E-state index contributed by atoms with van der Waals surface area (Å²) in [7, 11) is 1.57. The van der Waals surface area contributed by atoms with E-state index in [2.05, 4.69) is 17.2 Å². The molecule has 0 bridgehead atoms. The number of hydrogen-bond donors (Lipinski definition) is 2. The molecule has 0 aromatic heterocycles. The van der Waals surface area contributed by atoms with E-state index < -0.39 is 17.8 Å². The SMILES string of the molecule is CN(C[C@H](O)C1CC1)C(=O)NCC#Cc1cccc(C(F)(F)F)c1. The van der Waals surface area contributed by atoms with Crippen LogP contribution in [0.3, 0.4) is 0 Å². The van der Waals surface area contributed by atoms with Gasteiger partial charge in [0.05, 0.1) is 18.2 Å². The molecule has 24 heavy (non-hydrogen) atoms. The Balaban J connectivity index is 1.81. The summed E-state index contributed by atoms with van der Waals surface area (Å²) in [6.45, 7) is 0.260. The van der Waals surface area contributed by atoms with E-state index >= 15 is 0 Å². The summed E-state index contributed by atoms with van der Waals surface area (Å²) in [5, 5.41) is 12.3. The fraction of sp³-hybridized carbons (Fsp3) is 0.471. The maximum absolute atomic E-state index is 12.6. The summed E-state index contributed by atoms with van der Waals surface area (Å²) in [6, 6.07) is 4.33. The predicted octanol–water partition coefficient (Wildman–Crippen LogP) is 2.47. The van der Waals surface area contributed by atoms with E-state index in [0.29, 0.717) is 0 Å². The van der Waals surface area contributed by atoms with E-state index in [4.69, 9.17) is 0 Å². The summed E-state index contributed by atoms with van der Waals surface area (Å²) >= 11 is 0. The first-order valence-corrected chi connectivity index (χ1v) is 7.60. The van der Waals surface area contributed by atoms with Gasteiger partial charge >= 0.3 is 12.2 Å². The first-order chi connectivity index (χ1) is 11.3. The first-order valence-electron chi connectivity index (χ1n) is 7.60. The minimum atomic E-state index is -4.41. The molecular formula is C17H19F3N2O2. The Labute approximate surface area is 138 Å². The molecule has 4 nitrogen and oxygen atoms in total. The molecule has 0 radical (unpaired) electrons. The lowest BCUT2D eigenvalue weighted by atomic mass is 10.1. The van der Waals surface area contributed by atoms with Crippen LogP contribution in [0, 0.1) is 17.8 Å². The highest BCUT2D eigenvalue weighted by Crippen LogP contribution is 2.32. The largest absolute Gasteiger partial charge is 0.416 e. The van der Waals surface area contributed by atoms with Crippen LogP contribution in [0.15, 0.2) is 24.3 Å². The molecule has 1 aromatic rings. The van der Waals surface area contributed by atoms with Crippen LogP contribution in [0.4, 0.5) is 18.0 Å². The molecule has 1 atom stereocenters. The monoisotopic (exact) mass is 340 g/mol. The number of likely N-dealkylation sites (N-methyl/N-ethyl adjacent to an activating group) is 1. The number of urea groups is 1. The molecular weight excluding hydrogens is 321 g/mol. The lowest BCUT2D eigenvalue weighted by Gasteiger charge is -2.20. The first kappa shape index (κ1) is 18.1. The van der Waals surface area contributed by atoms with Crippen LogP contribution in [0.25, 0.3) is 0 Å². The average molecular weight is 340 g/mol. The molecule has 2 rings (SSSR count). The second kappa shape index (κ2) is 7.58. The summed E-state index contributed by atoms with van der Waals surface area (Å²) in [4.78, 5) is 13.2. The third-order valence-corrected chi connectivity index (χ3v) is 3.72. The van der Waals surface area contributed by atoms with Gasteiger partial charge in [0.15, 0.2) is 0 Å². The number of carbonyl (C=O) groups is 1. The zero-order chi connectivity index (χ0) is 17.7. The second-order valence-electron chi connectivity index (χ2n) is 5.82. The van der Waals surface area contributed by atoms with Crippen molar-refractivity contribution < 1.29 is 23.1 Å². The van der Waals surface area contributed by atoms with Gasteiger partial charge in [0.25, 0.3) is 0 Å². The lowest BCUT2D eigenvalue weighted by molar-refractivity contribution is -0.137. The Bertz CT molecular complexity index is 645. The van der Waals surface area contributed by atoms with Gasteiger partial charge in [0.1, 0.15) is 0 Å². The number of carbonyl (C=O) groups excluding carboxylic acids is 1. The molecule has 0 heterocycles. The number of nitrogens with one attached hydrogen (secondary N) is 1. The van der Waals surface area contributed by atoms with Gasteiger partial charge in [-0.05, 0) is 37.0 Å². The molecule has 1 saturated carbocycles. The van der Waals surface area contributed by atoms with E-state index in [-0.39, 0.29) is 30.6 Å². The summed E-state index contributed by atoms with van der Waals surface area (Å²) in [5.74, 6) is 5.48. The van der Waals surface area contributed by atoms with Gasteiger partial charge in [-0.1, -0.05) is 17.9 Å². The normalized spacial score (nSPS) is 15.2. The van der Waals surface area contributed by atoms with Crippen molar-refractivity contribution in [3.8, 4) is 11.8 Å². The van der Waals surface area contributed by atoms with Crippen LogP contribution >= 0.6 is 0 Å². The van der Waals surface area contributed by atoms with Crippen LogP contribution in [-0.4, -0.2) is 42.3 Å². The summed E-state index contributed by atoms with van der Waals surface area (Å²) in [6.07, 6.45) is -2.95. The van der Waals surface area contributed by atoms with Gasteiger partial charge in [-0.3, -0.25) is 0 Å². The third kappa shape index (κ3) is 5.46. The second-order valence-corrected chi connectivity index (χ2v) is 5.82. The number of alkyl halides is 3. The molecule has 0 spiro atoms. The Morgan fingerprint density at radius 1 is 1.46 bits per heavy atom. The number of halogens is 3. The molecule has 1 fully saturated rings. The van der Waals surface area contributed by atoms with Crippen LogP contribution < -0.4 is 5.32 Å². The van der Waals surface area contributed by atoms with Gasteiger partial charge in [0.2, 0.25) is 0 Å². The molecule has 0 aliphatic heterocycles. The molecule has 7 heteroatoms. The minimum absolute atomic E-state index is 0.0128. The maximum atomic E-state index is 12.6. The number of aliphatic hydroxyl groups excluding tert-OH is 1. The highest BCUT2D eigenvalue weighted by molar-refractivity contribution is 5.74. The molecule has 1 aromatic carbocycles. The minimum Gasteiger partial charge on any atom is -0.391 e. The van der Waals surface area contributed by atoms with E-state index in [0.717, 1.165) is 25.0 Å². The Morgan fingerprint density at radius 3 is 2.79 bits per heavy atom. The number of amides is 2. The van der Waals surface area contributed by atoms with Crippen molar-refractivity contribution in [2.24, 2.45) is 5.92 Å². The number of rotatable bonds is 4. The van der Waals surface area contributed by atoms with Crippen molar-refractivity contribution in [2.45, 2.75) is 25.1 Å². The number of aliphatic hydroxyl groups is 1. The standard InChI is InChI=1S/C17H19F3N2O2/c1-22(11-15(23)13-7-8-13)16(24)21-9-3-5-12-4-2-6-14(10-12)17(18,19)20/h2,4,6,10,13,15,23H,7-9,11H2,1H3,(H,21,24)/t15-/m0/s1. The highest BCUT2D eigenvalue weighted by Gasteiger charge is 2.31. The van der Waals surface area contributed by atoms with Crippen molar-refractivity contribution in [3.63, 3.8) is 0 Å². The Kier molecular flexibility index (Phi) is 5.73. The van der Waals surface area contributed by atoms with Crippen LogP contribution in [-0.2, 0) is 6.18 Å². The van der Waals surface area contributed by atoms with E-state index in [9.17, 15) is 23.1 Å². The van der Waals surface area contributed by atoms with Crippen molar-refractivity contribution >= 4 is 6.03 Å². The summed E-state index contributed by atoms with van der Waals surface area (Å²) in [5.41, 5.74) is -0.524. The molecule has 2 N–H and O–H groups in total. The number of hydrogen-bond acceptors (Lipinski definition) is 2. The average Bonchev–Trinajstić information content (AvgIpc) is 3.35. The number of nitrogens with zero attached hydrogens (tertiary/aromatic N) is 1. The van der Waals surface area contributed by atoms with Crippen molar-refractivity contribution in [3.05, 3.63) is 35.4 Å². The number of benzene rings is 1. The maximum Gasteiger partial charge on any atom is 0.416 e. The topological polar surface area (TPSA) is 52.6 Å². The zero-order valence-electron chi connectivity index (χ0n) is 13.2. The van der Waals surface area contributed by atoms with Crippen LogP contribution in [0.2, 0.25) is 0 Å². The van der Waals surface area contributed by atoms with Crippen LogP contribution in [0.1, 0.15) is 24.0 Å². The molecule has 0 unspecified atom stereocenters. The fourth-order valence-corrected chi connectivity index (χ4v) is 2.17. The van der Waals surface area contributed by atoms with Gasteiger partial charge in [-0.25, -0.2) is 4.79 Å². The highest BCUT2D eigenvalue weighted by atomic mass is 19.4. The van der Waals surface area contributed by atoms with Gasteiger partial charge in [-0.15, -0.1) is 0 Å². The van der Waals surface area contributed by atoms with E-state index in [1.165, 1.54) is 17.0 Å². The molecule has 1 aliphatic carbocycles. The Morgan fingerprint density at radius 2 is 2.17 bits per heavy atom. The smallest absolute Gasteiger partial charge is 0.391 e. The zero-order valence-corrected chi connectivity index (χ0v) is 13.2. The van der Waals surface area contributed by atoms with E-state index in [1.807, 2.05) is 0 Å². The molecule has 0 saturated heterocycles. The van der Waals surface area contributed by atoms with Crippen molar-refractivity contribution in [1.82, 2.24) is 10.2 Å². The molecule has 2 amide bonds. The quantitative estimate of drug-likeness (QED) is 0.828. The van der Waals surface area contributed by atoms with Crippen molar-refractivity contribution in [2.75, 3.05) is 20.1 Å². The van der Waals surface area contributed by atoms with E-state index in [1.54, 1.807) is 7.05 Å². The summed E-state index contributed by atoms with van der Waals surface area (Å²) < 4.78 is 37.8. The third-order valence-electron chi connectivity index (χ3n) is 3.72. The molecule has 130 valence electrons. The fourth-order valence-electron chi connectivity index (χ4n) is 2.17. The van der Waals surface area contributed by atoms with Gasteiger partial charge < -0.3 is 15.3 Å². The predicted molar refractivity (Wildman–Crippen MR) is 83.1 cm³/mol. The lowest BCUT2D eigenvalue weighted by Crippen LogP contribution is -2.41. The Hall–Kier alpha value is -2.20. The van der Waals surface area contributed by atoms with Gasteiger partial charge in [0, 0.05) is 19.2 Å². The van der Waals surface area contributed by atoms with Crippen LogP contribution in [0.5, 0.6) is 0 Å². The van der Waals surface area contributed by atoms with Crippen molar-refractivity contribution in [1.29, 1.82) is 0 Å². The van der Waals surface area contributed by atoms with Gasteiger partial charge in [-0.2, -0.15) is 13.2 Å².